The molecule has 1 aromatic rings. The van der Waals surface area contributed by atoms with Crippen LogP contribution >= 0.6 is 50.1 Å². The van der Waals surface area contributed by atoms with Gasteiger partial charge in [0.1, 0.15) is 0 Å². The molecule has 70 valence electrons. The number of rotatable bonds is 1. The molecule has 0 aromatic heterocycles. The topological polar surface area (TPSA) is 26.3 Å². The van der Waals surface area contributed by atoms with E-state index in [1.807, 2.05) is 6.07 Å². The average Bonchev–Trinajstić information content (AvgIpc) is 2.10. The first-order valence-electron chi connectivity index (χ1n) is 3.29. The molecule has 5 heteroatoms. The summed E-state index contributed by atoms with van der Waals surface area (Å²) in [4.78, 5) is 11.2. The van der Waals surface area contributed by atoms with E-state index in [4.69, 9.17) is 11.6 Å². The zero-order chi connectivity index (χ0) is 10.0. The lowest BCUT2D eigenvalue weighted by Gasteiger charge is -2.04. The van der Waals surface area contributed by atoms with Gasteiger partial charge in [-0.2, -0.15) is 0 Å². The van der Waals surface area contributed by atoms with Crippen molar-refractivity contribution in [3.8, 4) is 0 Å². The van der Waals surface area contributed by atoms with E-state index in [1.54, 1.807) is 6.07 Å². The molecule has 0 radical (unpaired) electrons. The van der Waals surface area contributed by atoms with Crippen LogP contribution in [0.25, 0.3) is 0 Å². The lowest BCUT2D eigenvalue weighted by Crippen LogP contribution is -2.02. The highest BCUT2D eigenvalue weighted by atomic mass is 127. The van der Waals surface area contributed by atoms with E-state index in [-0.39, 0.29) is 0 Å². The van der Waals surface area contributed by atoms with Crippen molar-refractivity contribution in [3.05, 3.63) is 30.8 Å². The number of esters is 1. The maximum atomic E-state index is 11.2. The molecule has 1 rings (SSSR count). The summed E-state index contributed by atoms with van der Waals surface area (Å²) in [6.45, 7) is 0. The molecule has 0 fully saturated rings. The van der Waals surface area contributed by atoms with Crippen LogP contribution < -0.4 is 0 Å². The molecular weight excluding hydrogens is 370 g/mol. The molecule has 0 saturated carbocycles. The number of carbonyl (C=O) groups excluding carboxylic acids is 1. The molecule has 0 atom stereocenters. The Bertz CT molecular complexity index is 354. The molecule has 0 heterocycles. The predicted molar refractivity (Wildman–Crippen MR) is 63.2 cm³/mol. The number of hydrogen-bond donors (Lipinski definition) is 0. The fraction of sp³-hybridized carbons (Fsp3) is 0.125. The number of benzene rings is 1. The van der Waals surface area contributed by atoms with E-state index >= 15 is 0 Å². The van der Waals surface area contributed by atoms with Crippen LogP contribution in [0.3, 0.4) is 0 Å². The van der Waals surface area contributed by atoms with Gasteiger partial charge in [0.2, 0.25) is 0 Å². The number of methoxy groups -OCH3 is 1. The molecule has 0 N–H and O–H groups in total. The Balaban J connectivity index is 3.28. The van der Waals surface area contributed by atoms with Gasteiger partial charge in [-0.25, -0.2) is 4.79 Å². The highest BCUT2D eigenvalue weighted by Gasteiger charge is 2.13. The van der Waals surface area contributed by atoms with Gasteiger partial charge < -0.3 is 4.74 Å². The number of carbonyl (C=O) groups is 1. The zero-order valence-corrected chi connectivity index (χ0v) is 11.1. The largest absolute Gasteiger partial charge is 0.465 e. The maximum absolute atomic E-state index is 11.2. The van der Waals surface area contributed by atoms with E-state index in [2.05, 4.69) is 43.3 Å². The molecule has 0 unspecified atom stereocenters. The third-order valence-corrected chi connectivity index (χ3v) is 3.28. The SMILES string of the molecule is COC(=O)c1cc(I)cc(Br)c1Cl. The van der Waals surface area contributed by atoms with Crippen LogP contribution in [0, 0.1) is 3.57 Å². The van der Waals surface area contributed by atoms with Crippen LogP contribution in [-0.4, -0.2) is 13.1 Å². The van der Waals surface area contributed by atoms with E-state index in [9.17, 15) is 4.79 Å². The molecule has 1 aromatic carbocycles. The lowest BCUT2D eigenvalue weighted by molar-refractivity contribution is 0.0601. The van der Waals surface area contributed by atoms with Crippen LogP contribution in [0.15, 0.2) is 16.6 Å². The summed E-state index contributed by atoms with van der Waals surface area (Å²) < 4.78 is 6.20. The summed E-state index contributed by atoms with van der Waals surface area (Å²) in [7, 11) is 1.33. The Morgan fingerprint density at radius 3 is 2.77 bits per heavy atom. The normalized spacial score (nSPS) is 9.85. The third kappa shape index (κ3) is 2.57. The Morgan fingerprint density at radius 2 is 2.23 bits per heavy atom. The van der Waals surface area contributed by atoms with Gasteiger partial charge in [-0.3, -0.25) is 0 Å². The van der Waals surface area contributed by atoms with Gasteiger partial charge in [0.15, 0.2) is 0 Å². The second kappa shape index (κ2) is 4.61. The third-order valence-electron chi connectivity index (χ3n) is 1.40. The first kappa shape index (κ1) is 11.3. The first-order chi connectivity index (χ1) is 6.06. The molecule has 0 bridgehead atoms. The summed E-state index contributed by atoms with van der Waals surface area (Å²) in [5.41, 5.74) is 0.378. The second-order valence-electron chi connectivity index (χ2n) is 2.24. The quantitative estimate of drug-likeness (QED) is 0.427. The molecule has 0 spiro atoms. The summed E-state index contributed by atoms with van der Waals surface area (Å²) in [5, 5.41) is 0.382. The highest BCUT2D eigenvalue weighted by Crippen LogP contribution is 2.29. The van der Waals surface area contributed by atoms with Gasteiger partial charge in [0.05, 0.1) is 17.7 Å². The Labute approximate surface area is 103 Å². The number of halogens is 3. The standard InChI is InChI=1S/C8H5BrClIO2/c1-13-8(12)5-2-4(11)3-6(9)7(5)10/h2-3H,1H3. The van der Waals surface area contributed by atoms with Crippen molar-refractivity contribution in [2.24, 2.45) is 0 Å². The minimum absolute atomic E-state index is 0.378. The summed E-state index contributed by atoms with van der Waals surface area (Å²) >= 11 is 11.2. The van der Waals surface area contributed by atoms with Crippen LogP contribution in [0.4, 0.5) is 0 Å². The fourth-order valence-electron chi connectivity index (χ4n) is 0.814. The van der Waals surface area contributed by atoms with Crippen molar-refractivity contribution in [2.45, 2.75) is 0 Å². The van der Waals surface area contributed by atoms with Gasteiger partial charge in [0.25, 0.3) is 0 Å². The van der Waals surface area contributed by atoms with Crippen molar-refractivity contribution in [2.75, 3.05) is 7.11 Å². The Hall–Kier alpha value is 0.190. The number of hydrogen-bond acceptors (Lipinski definition) is 2. The molecule has 0 aliphatic heterocycles. The molecule has 0 aliphatic carbocycles. The van der Waals surface area contributed by atoms with Gasteiger partial charge >= 0.3 is 5.97 Å². The summed E-state index contributed by atoms with van der Waals surface area (Å²) in [5.74, 6) is -0.427. The molecule has 13 heavy (non-hydrogen) atoms. The van der Waals surface area contributed by atoms with Crippen molar-refractivity contribution < 1.29 is 9.53 Å². The maximum Gasteiger partial charge on any atom is 0.339 e. The zero-order valence-electron chi connectivity index (χ0n) is 6.61. The smallest absolute Gasteiger partial charge is 0.339 e. The van der Waals surface area contributed by atoms with Crippen LogP contribution in [-0.2, 0) is 4.74 Å². The van der Waals surface area contributed by atoms with Gasteiger partial charge in [-0.05, 0) is 50.7 Å². The van der Waals surface area contributed by atoms with E-state index in [0.717, 1.165) is 3.57 Å². The van der Waals surface area contributed by atoms with Crippen molar-refractivity contribution in [1.82, 2.24) is 0 Å². The molecule has 0 amide bonds. The van der Waals surface area contributed by atoms with Crippen molar-refractivity contribution >= 4 is 56.1 Å². The minimum atomic E-state index is -0.427. The van der Waals surface area contributed by atoms with E-state index < -0.39 is 5.97 Å². The molecule has 0 saturated heterocycles. The van der Waals surface area contributed by atoms with Crippen LogP contribution in [0.5, 0.6) is 0 Å². The fourth-order valence-corrected chi connectivity index (χ4v) is 2.51. The monoisotopic (exact) mass is 374 g/mol. The van der Waals surface area contributed by atoms with E-state index in [0.29, 0.717) is 15.1 Å². The molecule has 2 nitrogen and oxygen atoms in total. The van der Waals surface area contributed by atoms with Gasteiger partial charge in [0, 0.05) is 8.04 Å². The van der Waals surface area contributed by atoms with Gasteiger partial charge in [-0.15, -0.1) is 0 Å². The minimum Gasteiger partial charge on any atom is -0.465 e. The average molecular weight is 375 g/mol. The predicted octanol–water partition coefficient (Wildman–Crippen LogP) is 3.49. The van der Waals surface area contributed by atoms with Crippen molar-refractivity contribution in [1.29, 1.82) is 0 Å². The summed E-state index contributed by atoms with van der Waals surface area (Å²) in [6.07, 6.45) is 0. The van der Waals surface area contributed by atoms with Gasteiger partial charge in [-0.1, -0.05) is 11.6 Å². The van der Waals surface area contributed by atoms with Crippen molar-refractivity contribution in [3.63, 3.8) is 0 Å². The summed E-state index contributed by atoms with van der Waals surface area (Å²) in [6, 6.07) is 3.51. The number of ether oxygens (including phenoxy) is 1. The first-order valence-corrected chi connectivity index (χ1v) is 5.54. The van der Waals surface area contributed by atoms with Crippen LogP contribution in [0.1, 0.15) is 10.4 Å². The Kier molecular flexibility index (Phi) is 4.00. The van der Waals surface area contributed by atoms with E-state index in [1.165, 1.54) is 7.11 Å². The Morgan fingerprint density at radius 1 is 1.62 bits per heavy atom. The van der Waals surface area contributed by atoms with Crippen LogP contribution in [0.2, 0.25) is 5.02 Å². The molecular formula is C8H5BrClIO2. The second-order valence-corrected chi connectivity index (χ2v) is 4.72. The molecule has 0 aliphatic rings. The lowest BCUT2D eigenvalue weighted by atomic mass is 10.2. The highest BCUT2D eigenvalue weighted by molar-refractivity contribution is 14.1.